The van der Waals surface area contributed by atoms with Crippen LogP contribution in [0.4, 0.5) is 13.2 Å². The topological polar surface area (TPSA) is 66.4 Å². The lowest BCUT2D eigenvalue weighted by Gasteiger charge is -2.21. The van der Waals surface area contributed by atoms with Crippen LogP contribution in [0.5, 0.6) is 0 Å². The molecule has 0 unspecified atom stereocenters. The highest BCUT2D eigenvalue weighted by molar-refractivity contribution is 7.89. The third-order valence-corrected chi connectivity index (χ3v) is 4.83. The zero-order valence-corrected chi connectivity index (χ0v) is 12.8. The highest BCUT2D eigenvalue weighted by Gasteiger charge is 2.28. The molecule has 0 radical (unpaired) electrons. The van der Waals surface area contributed by atoms with E-state index in [1.165, 1.54) is 19.1 Å². The number of benzene rings is 2. The van der Waals surface area contributed by atoms with E-state index in [4.69, 9.17) is 0 Å². The van der Waals surface area contributed by atoms with Crippen LogP contribution >= 0.6 is 0 Å². The highest BCUT2D eigenvalue weighted by atomic mass is 32.2. The summed E-state index contributed by atoms with van der Waals surface area (Å²) in [7, 11) is -4.30. The van der Waals surface area contributed by atoms with Crippen molar-refractivity contribution in [3.8, 4) is 0 Å². The molecule has 0 saturated heterocycles. The summed E-state index contributed by atoms with van der Waals surface area (Å²) in [6, 6.07) is 6.38. The first-order chi connectivity index (χ1) is 10.7. The molecule has 0 aromatic heterocycles. The van der Waals surface area contributed by atoms with Gasteiger partial charge in [0, 0.05) is 6.04 Å². The SMILES string of the molecule is C[C@H](NS(=O)(=O)c1ccccc1F)[C@H](O)c1c(F)cccc1F. The number of hydrogen-bond donors (Lipinski definition) is 2. The molecule has 23 heavy (non-hydrogen) atoms. The highest BCUT2D eigenvalue weighted by Crippen LogP contribution is 2.24. The Hall–Kier alpha value is -1.90. The molecule has 0 bridgehead atoms. The summed E-state index contributed by atoms with van der Waals surface area (Å²) in [6.07, 6.45) is -1.78. The van der Waals surface area contributed by atoms with Crippen molar-refractivity contribution in [3.63, 3.8) is 0 Å². The minimum atomic E-state index is -4.30. The first-order valence-corrected chi connectivity index (χ1v) is 8.11. The average Bonchev–Trinajstić information content (AvgIpc) is 2.46. The number of halogens is 3. The van der Waals surface area contributed by atoms with Crippen molar-refractivity contribution in [2.45, 2.75) is 24.0 Å². The fourth-order valence-corrected chi connectivity index (χ4v) is 3.41. The quantitative estimate of drug-likeness (QED) is 0.875. The molecule has 4 nitrogen and oxygen atoms in total. The lowest BCUT2D eigenvalue weighted by molar-refractivity contribution is 0.137. The minimum Gasteiger partial charge on any atom is -0.387 e. The molecule has 0 heterocycles. The number of aliphatic hydroxyl groups is 1. The van der Waals surface area contributed by atoms with Crippen LogP contribution in [0.1, 0.15) is 18.6 Å². The van der Waals surface area contributed by atoms with Crippen LogP contribution in [-0.2, 0) is 10.0 Å². The van der Waals surface area contributed by atoms with Crippen molar-refractivity contribution >= 4 is 10.0 Å². The van der Waals surface area contributed by atoms with E-state index in [1.807, 2.05) is 4.72 Å². The first-order valence-electron chi connectivity index (χ1n) is 6.63. The largest absolute Gasteiger partial charge is 0.387 e. The Bertz CT molecular complexity index is 791. The molecular formula is C15H14F3NO3S. The van der Waals surface area contributed by atoms with Crippen molar-refractivity contribution in [1.82, 2.24) is 4.72 Å². The van der Waals surface area contributed by atoms with Crippen LogP contribution < -0.4 is 4.72 Å². The second-order valence-corrected chi connectivity index (χ2v) is 6.60. The zero-order valence-electron chi connectivity index (χ0n) is 12.0. The molecule has 2 rings (SSSR count). The lowest BCUT2D eigenvalue weighted by Crippen LogP contribution is -2.38. The minimum absolute atomic E-state index is 0.618. The van der Waals surface area contributed by atoms with Crippen molar-refractivity contribution in [2.24, 2.45) is 0 Å². The molecule has 8 heteroatoms. The molecule has 2 N–H and O–H groups in total. The molecule has 2 atom stereocenters. The molecule has 0 spiro atoms. The summed E-state index contributed by atoms with van der Waals surface area (Å²) >= 11 is 0. The molecule has 0 amide bonds. The van der Waals surface area contributed by atoms with Gasteiger partial charge in [-0.25, -0.2) is 26.3 Å². The number of nitrogens with one attached hydrogen (secondary N) is 1. The second-order valence-electron chi connectivity index (χ2n) is 4.92. The van der Waals surface area contributed by atoms with Gasteiger partial charge >= 0.3 is 0 Å². The molecule has 2 aromatic rings. The predicted octanol–water partition coefficient (Wildman–Crippen LogP) is 2.50. The molecular weight excluding hydrogens is 331 g/mol. The molecule has 0 aliphatic carbocycles. The monoisotopic (exact) mass is 345 g/mol. The summed E-state index contributed by atoms with van der Waals surface area (Å²) in [5, 5.41) is 10.0. The molecule has 124 valence electrons. The summed E-state index contributed by atoms with van der Waals surface area (Å²) < 4.78 is 67.1. The Morgan fingerprint density at radius 2 is 1.48 bits per heavy atom. The van der Waals surface area contributed by atoms with Crippen molar-refractivity contribution in [2.75, 3.05) is 0 Å². The van der Waals surface area contributed by atoms with Crippen LogP contribution in [0, 0.1) is 17.5 Å². The molecule has 0 fully saturated rings. The maximum absolute atomic E-state index is 13.6. The van der Waals surface area contributed by atoms with Gasteiger partial charge in [0.05, 0.1) is 5.56 Å². The Labute approximate surface area is 131 Å². The van der Waals surface area contributed by atoms with E-state index in [1.54, 1.807) is 0 Å². The Morgan fingerprint density at radius 3 is 2.04 bits per heavy atom. The first kappa shape index (κ1) is 17.5. The Morgan fingerprint density at radius 1 is 0.957 bits per heavy atom. The molecule has 0 saturated carbocycles. The van der Waals surface area contributed by atoms with Gasteiger partial charge in [-0.1, -0.05) is 18.2 Å². The van der Waals surface area contributed by atoms with E-state index >= 15 is 0 Å². The van der Waals surface area contributed by atoms with Gasteiger partial charge < -0.3 is 5.11 Å². The number of sulfonamides is 1. The maximum atomic E-state index is 13.6. The standard InChI is InChI=1S/C15H14F3NO3S/c1-9(15(20)14-11(17)6-4-7-12(14)18)19-23(21,22)13-8-3-2-5-10(13)16/h2-9,15,19-20H,1H3/t9-,15-/m0/s1. The van der Waals surface area contributed by atoms with Gasteiger partial charge in [0.15, 0.2) is 0 Å². The van der Waals surface area contributed by atoms with Crippen LogP contribution in [-0.4, -0.2) is 19.6 Å². The maximum Gasteiger partial charge on any atom is 0.243 e. The average molecular weight is 345 g/mol. The third-order valence-electron chi connectivity index (χ3n) is 3.24. The molecule has 2 aromatic carbocycles. The summed E-state index contributed by atoms with van der Waals surface area (Å²) in [6.45, 7) is 1.22. The van der Waals surface area contributed by atoms with Crippen molar-refractivity contribution in [1.29, 1.82) is 0 Å². The number of aliphatic hydroxyl groups excluding tert-OH is 1. The fraction of sp³-hybridized carbons (Fsp3) is 0.200. The smallest absolute Gasteiger partial charge is 0.243 e. The van der Waals surface area contributed by atoms with E-state index in [0.29, 0.717) is 0 Å². The van der Waals surface area contributed by atoms with E-state index in [0.717, 1.165) is 30.3 Å². The van der Waals surface area contributed by atoms with E-state index in [2.05, 4.69) is 0 Å². The zero-order chi connectivity index (χ0) is 17.2. The van der Waals surface area contributed by atoms with E-state index < -0.39 is 50.1 Å². The van der Waals surface area contributed by atoms with Gasteiger partial charge in [0.1, 0.15) is 28.5 Å². The van der Waals surface area contributed by atoms with Gasteiger partial charge in [0.25, 0.3) is 0 Å². The van der Waals surface area contributed by atoms with E-state index in [9.17, 15) is 26.7 Å². The summed E-state index contributed by atoms with van der Waals surface area (Å²) in [5.41, 5.74) is -0.656. The van der Waals surface area contributed by atoms with Gasteiger partial charge in [0.2, 0.25) is 10.0 Å². The fourth-order valence-electron chi connectivity index (χ4n) is 2.08. The summed E-state index contributed by atoms with van der Waals surface area (Å²) in [5.74, 6) is -2.98. The molecule has 0 aliphatic rings. The second kappa shape index (κ2) is 6.69. The van der Waals surface area contributed by atoms with Crippen LogP contribution in [0.3, 0.4) is 0 Å². The van der Waals surface area contributed by atoms with Crippen LogP contribution in [0.2, 0.25) is 0 Å². The van der Waals surface area contributed by atoms with E-state index in [-0.39, 0.29) is 0 Å². The van der Waals surface area contributed by atoms with Crippen LogP contribution in [0.15, 0.2) is 47.4 Å². The lowest BCUT2D eigenvalue weighted by atomic mass is 10.0. The number of rotatable bonds is 5. The summed E-state index contributed by atoms with van der Waals surface area (Å²) in [4.78, 5) is -0.618. The Kier molecular flexibility index (Phi) is 5.08. The van der Waals surface area contributed by atoms with Crippen LogP contribution in [0.25, 0.3) is 0 Å². The van der Waals surface area contributed by atoms with Gasteiger partial charge in [-0.2, -0.15) is 0 Å². The van der Waals surface area contributed by atoms with Gasteiger partial charge in [-0.15, -0.1) is 0 Å². The number of hydrogen-bond acceptors (Lipinski definition) is 3. The Balaban J connectivity index is 2.28. The molecule has 0 aliphatic heterocycles. The third kappa shape index (κ3) is 3.72. The predicted molar refractivity (Wildman–Crippen MR) is 77.5 cm³/mol. The van der Waals surface area contributed by atoms with Gasteiger partial charge in [-0.05, 0) is 31.2 Å². The van der Waals surface area contributed by atoms with Crippen molar-refractivity contribution in [3.05, 3.63) is 65.5 Å². The van der Waals surface area contributed by atoms with Gasteiger partial charge in [-0.3, -0.25) is 0 Å². The normalized spacial score (nSPS) is 14.5. The van der Waals surface area contributed by atoms with Crippen molar-refractivity contribution < 1.29 is 26.7 Å².